The first-order chi connectivity index (χ1) is 7.59. The van der Waals surface area contributed by atoms with Crippen molar-refractivity contribution in [1.82, 2.24) is 0 Å². The number of rotatable bonds is 2. The second-order valence-electron chi connectivity index (χ2n) is 3.14. The van der Waals surface area contributed by atoms with Crippen LogP contribution >= 0.6 is 38.9 Å². The van der Waals surface area contributed by atoms with Gasteiger partial charge < -0.3 is 0 Å². The number of hydrogen-bond donors (Lipinski definition) is 0. The van der Waals surface area contributed by atoms with Crippen molar-refractivity contribution in [3.63, 3.8) is 0 Å². The Morgan fingerprint density at radius 2 is 1.75 bits per heavy atom. The molecule has 2 aromatic rings. The van der Waals surface area contributed by atoms with E-state index in [1.165, 1.54) is 29.5 Å². The molecule has 0 saturated carbocycles. The monoisotopic (exact) mass is 322 g/mol. The molecule has 0 saturated heterocycles. The Morgan fingerprint density at radius 1 is 1.12 bits per heavy atom. The van der Waals surface area contributed by atoms with Gasteiger partial charge in [0, 0.05) is 10.4 Å². The highest BCUT2D eigenvalue weighted by Crippen LogP contribution is 2.38. The molecule has 0 aliphatic carbocycles. The maximum absolute atomic E-state index is 13.5. The Kier molecular flexibility index (Phi) is 3.62. The van der Waals surface area contributed by atoms with E-state index < -0.39 is 16.5 Å². The molecular weight excluding hydrogens is 318 g/mol. The van der Waals surface area contributed by atoms with E-state index in [2.05, 4.69) is 15.9 Å². The zero-order valence-corrected chi connectivity index (χ0v) is 11.0. The van der Waals surface area contributed by atoms with E-state index in [9.17, 15) is 8.78 Å². The third-order valence-corrected chi connectivity index (χ3v) is 4.65. The average molecular weight is 324 g/mol. The van der Waals surface area contributed by atoms with E-state index in [1.54, 1.807) is 12.1 Å². The van der Waals surface area contributed by atoms with E-state index in [4.69, 9.17) is 11.6 Å². The molecule has 1 aromatic carbocycles. The molecule has 0 bridgehead atoms. The molecule has 84 valence electrons. The van der Waals surface area contributed by atoms with Crippen molar-refractivity contribution in [2.75, 3.05) is 0 Å². The minimum absolute atomic E-state index is 0.0148. The largest absolute Gasteiger partial charge is 0.207 e. The topological polar surface area (TPSA) is 0 Å². The first kappa shape index (κ1) is 12.0. The smallest absolute Gasteiger partial charge is 0.130 e. The highest BCUT2D eigenvalue weighted by Gasteiger charge is 2.20. The summed E-state index contributed by atoms with van der Waals surface area (Å²) < 4.78 is 27.6. The Morgan fingerprint density at radius 3 is 2.25 bits per heavy atom. The van der Waals surface area contributed by atoms with Crippen molar-refractivity contribution in [2.45, 2.75) is 4.83 Å². The van der Waals surface area contributed by atoms with Gasteiger partial charge >= 0.3 is 0 Å². The fraction of sp³-hybridized carbons (Fsp3) is 0.0909. The van der Waals surface area contributed by atoms with Gasteiger partial charge in [0.25, 0.3) is 0 Å². The molecule has 1 unspecified atom stereocenters. The minimum Gasteiger partial charge on any atom is -0.207 e. The van der Waals surface area contributed by atoms with Gasteiger partial charge in [0.15, 0.2) is 0 Å². The van der Waals surface area contributed by atoms with Gasteiger partial charge in [-0.1, -0.05) is 33.6 Å². The molecule has 2 rings (SSSR count). The van der Waals surface area contributed by atoms with Gasteiger partial charge in [0.05, 0.1) is 9.16 Å². The Hall–Kier alpha value is -0.450. The molecule has 5 heteroatoms. The summed E-state index contributed by atoms with van der Waals surface area (Å²) in [6.07, 6.45) is 0. The third-order valence-electron chi connectivity index (χ3n) is 2.10. The van der Waals surface area contributed by atoms with E-state index >= 15 is 0 Å². The van der Waals surface area contributed by atoms with Crippen LogP contribution in [0.1, 0.15) is 15.3 Å². The molecule has 0 N–H and O–H groups in total. The van der Waals surface area contributed by atoms with Crippen LogP contribution in [0.3, 0.4) is 0 Å². The van der Waals surface area contributed by atoms with Crippen molar-refractivity contribution in [3.05, 3.63) is 56.7 Å². The van der Waals surface area contributed by atoms with Crippen LogP contribution in [0.2, 0.25) is 4.34 Å². The molecule has 0 nitrogen and oxygen atoms in total. The molecule has 0 spiro atoms. The Bertz CT molecular complexity index is 492. The highest BCUT2D eigenvalue weighted by atomic mass is 79.9. The van der Waals surface area contributed by atoms with Crippen LogP contribution < -0.4 is 0 Å². The van der Waals surface area contributed by atoms with Crippen molar-refractivity contribution in [1.29, 1.82) is 0 Å². The second kappa shape index (κ2) is 4.82. The molecular formula is C11H6BrClF2S. The molecule has 1 aromatic heterocycles. The average Bonchev–Trinajstić information content (AvgIpc) is 2.64. The van der Waals surface area contributed by atoms with Crippen molar-refractivity contribution in [2.24, 2.45) is 0 Å². The van der Waals surface area contributed by atoms with Gasteiger partial charge in [-0.15, -0.1) is 11.3 Å². The molecule has 1 heterocycles. The van der Waals surface area contributed by atoms with Gasteiger partial charge in [-0.05, 0) is 24.3 Å². The fourth-order valence-electron chi connectivity index (χ4n) is 1.36. The summed E-state index contributed by atoms with van der Waals surface area (Å²) >= 11 is 10.4. The first-order valence-corrected chi connectivity index (χ1v) is 6.54. The molecule has 1 atom stereocenters. The van der Waals surface area contributed by atoms with Gasteiger partial charge in [-0.25, -0.2) is 8.78 Å². The maximum Gasteiger partial charge on any atom is 0.130 e. The SMILES string of the molecule is Fc1cccc(F)c1C(Br)c1ccc(Cl)s1. The number of hydrogen-bond acceptors (Lipinski definition) is 1. The lowest BCUT2D eigenvalue weighted by Gasteiger charge is -2.10. The summed E-state index contributed by atoms with van der Waals surface area (Å²) in [5.41, 5.74) is 0.0148. The van der Waals surface area contributed by atoms with Crippen molar-refractivity contribution in [3.8, 4) is 0 Å². The van der Waals surface area contributed by atoms with Gasteiger partial charge in [-0.2, -0.15) is 0 Å². The Labute approximate surface area is 109 Å². The standard InChI is InChI=1S/C11H6BrClF2S/c12-11(8-4-5-9(13)16-8)10-6(14)2-1-3-7(10)15/h1-5,11H. The Balaban J connectivity index is 2.45. The molecule has 0 aliphatic rings. The predicted molar refractivity (Wildman–Crippen MR) is 66.5 cm³/mol. The molecule has 0 aliphatic heterocycles. The summed E-state index contributed by atoms with van der Waals surface area (Å²) in [5.74, 6) is -1.13. The van der Waals surface area contributed by atoms with E-state index in [0.717, 1.165) is 4.88 Å². The lowest BCUT2D eigenvalue weighted by atomic mass is 10.1. The van der Waals surface area contributed by atoms with Crippen LogP contribution in [0.25, 0.3) is 0 Å². The minimum atomic E-state index is -0.564. The van der Waals surface area contributed by atoms with Crippen molar-refractivity contribution >= 4 is 38.9 Å². The van der Waals surface area contributed by atoms with E-state index in [-0.39, 0.29) is 5.56 Å². The number of alkyl halides is 1. The first-order valence-electron chi connectivity index (χ1n) is 4.43. The van der Waals surface area contributed by atoms with Gasteiger partial charge in [-0.3, -0.25) is 0 Å². The third kappa shape index (κ3) is 2.29. The molecule has 0 fully saturated rings. The lowest BCUT2D eigenvalue weighted by molar-refractivity contribution is 0.561. The quantitative estimate of drug-likeness (QED) is 0.669. The van der Waals surface area contributed by atoms with Crippen LogP contribution in [0.4, 0.5) is 8.78 Å². The highest BCUT2D eigenvalue weighted by molar-refractivity contribution is 9.09. The summed E-state index contributed by atoms with van der Waals surface area (Å²) in [6.45, 7) is 0. The zero-order chi connectivity index (χ0) is 11.7. The van der Waals surface area contributed by atoms with Crippen LogP contribution in [-0.4, -0.2) is 0 Å². The summed E-state index contributed by atoms with van der Waals surface area (Å²) in [6, 6.07) is 7.27. The summed E-state index contributed by atoms with van der Waals surface area (Å²) in [4.78, 5) is 0.264. The molecule has 16 heavy (non-hydrogen) atoms. The molecule has 0 amide bonds. The second-order valence-corrected chi connectivity index (χ2v) is 5.80. The fourth-order valence-corrected chi connectivity index (χ4v) is 3.28. The van der Waals surface area contributed by atoms with Gasteiger partial charge in [0.2, 0.25) is 0 Å². The van der Waals surface area contributed by atoms with E-state index in [0.29, 0.717) is 4.34 Å². The maximum atomic E-state index is 13.5. The predicted octanol–water partition coefficient (Wildman–Crippen LogP) is 5.16. The van der Waals surface area contributed by atoms with E-state index in [1.807, 2.05) is 0 Å². The summed E-state index contributed by atoms with van der Waals surface area (Å²) in [7, 11) is 0. The van der Waals surface area contributed by atoms with Crippen molar-refractivity contribution < 1.29 is 8.78 Å². The summed E-state index contributed by atoms with van der Waals surface area (Å²) in [5, 5.41) is 0. The number of benzene rings is 1. The number of halogens is 4. The van der Waals surface area contributed by atoms with Gasteiger partial charge in [0.1, 0.15) is 11.6 Å². The van der Waals surface area contributed by atoms with Crippen LogP contribution in [0.15, 0.2) is 30.3 Å². The zero-order valence-electron chi connectivity index (χ0n) is 7.88. The normalized spacial score (nSPS) is 12.8. The van der Waals surface area contributed by atoms with Crippen LogP contribution in [-0.2, 0) is 0 Å². The van der Waals surface area contributed by atoms with Crippen LogP contribution in [0, 0.1) is 11.6 Å². The molecule has 0 radical (unpaired) electrons. The number of thiophene rings is 1. The lowest BCUT2D eigenvalue weighted by Crippen LogP contribution is -1.98. The van der Waals surface area contributed by atoms with Crippen LogP contribution in [0.5, 0.6) is 0 Å².